The van der Waals surface area contributed by atoms with E-state index >= 15 is 0 Å². The van der Waals surface area contributed by atoms with Crippen molar-refractivity contribution in [3.05, 3.63) is 72.4 Å². The molecule has 0 aliphatic rings. The summed E-state index contributed by atoms with van der Waals surface area (Å²) in [6.45, 7) is 7.74. The van der Waals surface area contributed by atoms with Gasteiger partial charge in [-0.25, -0.2) is 13.2 Å². The van der Waals surface area contributed by atoms with E-state index in [1.807, 2.05) is 58.0 Å². The van der Waals surface area contributed by atoms with Crippen LogP contribution in [0.25, 0.3) is 27.7 Å². The van der Waals surface area contributed by atoms with Gasteiger partial charge in [0.2, 0.25) is 10.0 Å². The summed E-state index contributed by atoms with van der Waals surface area (Å²) in [5.74, 6) is 0.124. The van der Waals surface area contributed by atoms with Crippen LogP contribution in [0, 0.1) is 0 Å². The smallest absolute Gasteiger partial charge is 0.355 e. The second-order valence-electron chi connectivity index (χ2n) is 9.32. The quantitative estimate of drug-likeness (QED) is 0.282. The predicted molar refractivity (Wildman–Crippen MR) is 146 cm³/mol. The van der Waals surface area contributed by atoms with Crippen LogP contribution >= 0.6 is 0 Å². The number of rotatable bonds is 9. The number of carboxylic acid groups (broad SMARTS) is 1. The highest BCUT2D eigenvalue weighted by molar-refractivity contribution is 7.92. The predicted octanol–water partition coefficient (Wildman–Crippen LogP) is 5.94. The molecule has 3 aromatic carbocycles. The Kier molecular flexibility index (Phi) is 7.18. The zero-order chi connectivity index (χ0) is 26.9. The van der Waals surface area contributed by atoms with Crippen LogP contribution in [0.15, 0.2) is 66.7 Å². The number of nitrogens with one attached hydrogen (secondary N) is 1. The van der Waals surface area contributed by atoms with Gasteiger partial charge in [-0.05, 0) is 87.4 Å². The number of hydrogen-bond acceptors (Lipinski definition) is 5. The fourth-order valence-electron chi connectivity index (χ4n) is 4.17. The lowest BCUT2D eigenvalue weighted by atomic mass is 10.0. The third-order valence-corrected chi connectivity index (χ3v) is 6.06. The molecular weight excluding hydrogens is 492 g/mol. The molecule has 0 atom stereocenters. The van der Waals surface area contributed by atoms with Crippen molar-refractivity contribution in [2.24, 2.45) is 0 Å². The summed E-state index contributed by atoms with van der Waals surface area (Å²) in [7, 11) is -3.77. The molecule has 194 valence electrons. The lowest BCUT2D eigenvalue weighted by molar-refractivity contribution is 0.0690. The van der Waals surface area contributed by atoms with Crippen LogP contribution in [0.3, 0.4) is 0 Å². The van der Waals surface area contributed by atoms with Gasteiger partial charge in [-0.2, -0.15) is 0 Å². The topological polar surface area (TPSA) is 107 Å². The molecule has 0 aliphatic carbocycles. The van der Waals surface area contributed by atoms with Gasteiger partial charge in [-0.15, -0.1) is 0 Å². The van der Waals surface area contributed by atoms with E-state index in [1.54, 1.807) is 36.4 Å². The number of nitrogens with zero attached hydrogens (tertiary/aromatic N) is 1. The fraction of sp³-hybridized carbons (Fsp3) is 0.250. The minimum absolute atomic E-state index is 0.00844. The van der Waals surface area contributed by atoms with E-state index in [4.69, 9.17) is 9.47 Å². The maximum Gasteiger partial charge on any atom is 0.355 e. The number of sulfonamides is 1. The molecule has 0 saturated heterocycles. The van der Waals surface area contributed by atoms with Gasteiger partial charge in [0.1, 0.15) is 11.5 Å². The third kappa shape index (κ3) is 5.89. The van der Waals surface area contributed by atoms with Gasteiger partial charge in [0.25, 0.3) is 0 Å². The fourth-order valence-corrected chi connectivity index (χ4v) is 4.75. The van der Waals surface area contributed by atoms with Crippen molar-refractivity contribution in [2.45, 2.75) is 39.9 Å². The Morgan fingerprint density at radius 3 is 1.84 bits per heavy atom. The van der Waals surface area contributed by atoms with Crippen LogP contribution in [-0.4, -0.2) is 42.5 Å². The molecule has 0 fully saturated rings. The number of carboxylic acids is 1. The van der Waals surface area contributed by atoms with E-state index in [-0.39, 0.29) is 23.6 Å². The molecule has 0 aliphatic heterocycles. The summed E-state index contributed by atoms with van der Waals surface area (Å²) in [5.41, 5.74) is 2.61. The van der Waals surface area contributed by atoms with Crippen LogP contribution in [0.1, 0.15) is 38.2 Å². The Balaban J connectivity index is 1.91. The zero-order valence-electron chi connectivity index (χ0n) is 21.3. The minimum atomic E-state index is -3.77. The Labute approximate surface area is 216 Å². The molecule has 4 rings (SSSR count). The summed E-state index contributed by atoms with van der Waals surface area (Å²) in [6.07, 6.45) is 1.03. The first-order valence-electron chi connectivity index (χ1n) is 11.9. The van der Waals surface area contributed by atoms with Gasteiger partial charge < -0.3 is 19.1 Å². The second kappa shape index (κ2) is 10.2. The van der Waals surface area contributed by atoms with Crippen LogP contribution in [-0.2, 0) is 10.0 Å². The molecule has 0 amide bonds. The van der Waals surface area contributed by atoms with E-state index in [9.17, 15) is 18.3 Å². The summed E-state index contributed by atoms with van der Waals surface area (Å²) in [4.78, 5) is 12.5. The SMILES string of the molecule is CC(C)Oc1ccc(-c2ccc3c(c2)c(NS(C)(=O)=O)c(C(=O)O)n3-c2ccc(OC(C)C)cc2)cc1. The van der Waals surface area contributed by atoms with Crippen LogP contribution in [0.5, 0.6) is 11.5 Å². The first-order valence-corrected chi connectivity index (χ1v) is 13.8. The highest BCUT2D eigenvalue weighted by Gasteiger charge is 2.26. The number of benzene rings is 3. The number of ether oxygens (including phenoxy) is 2. The molecule has 0 unspecified atom stereocenters. The Hall–Kier alpha value is -3.98. The maximum atomic E-state index is 12.5. The molecule has 0 saturated carbocycles. The normalized spacial score (nSPS) is 11.8. The number of aromatic carboxylic acids is 1. The Morgan fingerprint density at radius 2 is 1.35 bits per heavy atom. The van der Waals surface area contributed by atoms with Gasteiger partial charge in [0, 0.05) is 11.1 Å². The molecule has 8 nitrogen and oxygen atoms in total. The van der Waals surface area contributed by atoms with E-state index in [0.717, 1.165) is 23.1 Å². The van der Waals surface area contributed by atoms with Gasteiger partial charge in [0.05, 0.1) is 29.7 Å². The molecule has 0 radical (unpaired) electrons. The van der Waals surface area contributed by atoms with E-state index in [1.165, 1.54) is 4.57 Å². The molecule has 9 heteroatoms. The van der Waals surface area contributed by atoms with Crippen molar-refractivity contribution in [3.63, 3.8) is 0 Å². The first kappa shape index (κ1) is 26.1. The van der Waals surface area contributed by atoms with E-state index < -0.39 is 16.0 Å². The summed E-state index contributed by atoms with van der Waals surface area (Å²) in [5, 5.41) is 10.6. The maximum absolute atomic E-state index is 12.5. The molecule has 1 heterocycles. The molecule has 4 aromatic rings. The molecule has 0 spiro atoms. The highest BCUT2D eigenvalue weighted by Crippen LogP contribution is 2.38. The average Bonchev–Trinajstić information content (AvgIpc) is 3.11. The van der Waals surface area contributed by atoms with Crippen molar-refractivity contribution in [1.29, 1.82) is 0 Å². The van der Waals surface area contributed by atoms with Gasteiger partial charge in [0.15, 0.2) is 5.69 Å². The minimum Gasteiger partial charge on any atom is -0.491 e. The van der Waals surface area contributed by atoms with Crippen molar-refractivity contribution in [1.82, 2.24) is 4.57 Å². The summed E-state index contributed by atoms with van der Waals surface area (Å²) < 4.78 is 39.9. The van der Waals surface area contributed by atoms with Crippen molar-refractivity contribution in [2.75, 3.05) is 11.0 Å². The largest absolute Gasteiger partial charge is 0.491 e. The third-order valence-electron chi connectivity index (χ3n) is 5.48. The Morgan fingerprint density at radius 1 is 0.838 bits per heavy atom. The van der Waals surface area contributed by atoms with Gasteiger partial charge in [-0.3, -0.25) is 4.72 Å². The van der Waals surface area contributed by atoms with Crippen molar-refractivity contribution in [3.8, 4) is 28.3 Å². The number of fused-ring (bicyclic) bond motifs is 1. The Bertz CT molecular complexity index is 1540. The zero-order valence-corrected chi connectivity index (χ0v) is 22.2. The van der Waals surface area contributed by atoms with Crippen LogP contribution in [0.4, 0.5) is 5.69 Å². The number of anilines is 1. The summed E-state index contributed by atoms with van der Waals surface area (Å²) >= 11 is 0. The monoisotopic (exact) mass is 522 g/mol. The molecule has 2 N–H and O–H groups in total. The highest BCUT2D eigenvalue weighted by atomic mass is 32.2. The molecule has 1 aromatic heterocycles. The van der Waals surface area contributed by atoms with Crippen LogP contribution in [0.2, 0.25) is 0 Å². The van der Waals surface area contributed by atoms with Gasteiger partial charge in [-0.1, -0.05) is 18.2 Å². The molecular formula is C28H30N2O6S. The lowest BCUT2D eigenvalue weighted by Crippen LogP contribution is -2.14. The average molecular weight is 523 g/mol. The molecule has 0 bridgehead atoms. The van der Waals surface area contributed by atoms with Gasteiger partial charge >= 0.3 is 5.97 Å². The standard InChI is InChI=1S/C28H30N2O6S/c1-17(2)35-22-11-6-19(7-12-22)20-8-15-25-24(16-20)26(29-37(5,33)34)27(28(31)32)30(25)21-9-13-23(14-10-21)36-18(3)4/h6-18,29H,1-5H3,(H,31,32). The van der Waals surface area contributed by atoms with Crippen molar-refractivity contribution < 1.29 is 27.8 Å². The first-order chi connectivity index (χ1) is 17.4. The number of aromatic nitrogens is 1. The van der Waals surface area contributed by atoms with E-state index in [0.29, 0.717) is 22.3 Å². The van der Waals surface area contributed by atoms with E-state index in [2.05, 4.69) is 4.72 Å². The summed E-state index contributed by atoms with van der Waals surface area (Å²) in [6, 6.07) is 20.0. The van der Waals surface area contributed by atoms with Crippen LogP contribution < -0.4 is 14.2 Å². The lowest BCUT2D eigenvalue weighted by Gasteiger charge is -2.13. The number of carbonyl (C=O) groups is 1. The van der Waals surface area contributed by atoms with Crippen molar-refractivity contribution >= 4 is 32.6 Å². The second-order valence-corrected chi connectivity index (χ2v) is 11.1. The number of hydrogen-bond donors (Lipinski definition) is 2. The molecule has 37 heavy (non-hydrogen) atoms.